The quantitative estimate of drug-likeness (QED) is 0.894. The van der Waals surface area contributed by atoms with Gasteiger partial charge in [-0.05, 0) is 48.9 Å². The third-order valence-electron chi connectivity index (χ3n) is 4.98. The summed E-state index contributed by atoms with van der Waals surface area (Å²) in [6.07, 6.45) is 3.83. The lowest BCUT2D eigenvalue weighted by Gasteiger charge is -2.23. The van der Waals surface area contributed by atoms with Crippen LogP contribution in [0.5, 0.6) is 0 Å². The highest BCUT2D eigenvalue weighted by Gasteiger charge is 2.42. The summed E-state index contributed by atoms with van der Waals surface area (Å²) >= 11 is 0. The summed E-state index contributed by atoms with van der Waals surface area (Å²) in [4.78, 5) is 2.60. The minimum atomic E-state index is 0.502. The van der Waals surface area contributed by atoms with Gasteiger partial charge >= 0.3 is 0 Å². The molecule has 2 nitrogen and oxygen atoms in total. The third-order valence-corrected chi connectivity index (χ3v) is 4.98. The molecule has 1 fully saturated rings. The van der Waals surface area contributed by atoms with Gasteiger partial charge in [-0.2, -0.15) is 0 Å². The van der Waals surface area contributed by atoms with Gasteiger partial charge in [-0.25, -0.2) is 0 Å². The normalized spacial score (nSPS) is 25.8. The molecule has 1 aliphatic carbocycles. The van der Waals surface area contributed by atoms with E-state index in [0.29, 0.717) is 5.41 Å². The summed E-state index contributed by atoms with van der Waals surface area (Å²) in [7, 11) is 1.96. The van der Waals surface area contributed by atoms with E-state index >= 15 is 0 Å². The molecule has 0 saturated carbocycles. The molecule has 1 spiro atoms. The Hall–Kier alpha value is -1.28. The van der Waals surface area contributed by atoms with Gasteiger partial charge in [-0.3, -0.25) is 0 Å². The molecule has 0 bridgehead atoms. The minimum Gasteiger partial charge on any atom is -0.388 e. The molecule has 1 aliphatic heterocycles. The number of benzene rings is 1. The molecular weight excluding hydrogens is 232 g/mol. The first kappa shape index (κ1) is 12.7. The van der Waals surface area contributed by atoms with Gasteiger partial charge < -0.3 is 10.2 Å². The predicted molar refractivity (Wildman–Crippen MR) is 81.1 cm³/mol. The molecule has 1 aromatic rings. The molecule has 0 aromatic heterocycles. The maximum atomic E-state index is 4.15. The maximum Gasteiger partial charge on any atom is 0.0341 e. The van der Waals surface area contributed by atoms with Gasteiger partial charge in [-0.1, -0.05) is 31.7 Å². The van der Waals surface area contributed by atoms with Crippen molar-refractivity contribution in [2.45, 2.75) is 26.2 Å². The molecule has 1 unspecified atom stereocenters. The van der Waals surface area contributed by atoms with Crippen LogP contribution in [-0.4, -0.2) is 31.6 Å². The number of nitrogens with one attached hydrogen (secondary N) is 1. The van der Waals surface area contributed by atoms with Crippen LogP contribution in [0.25, 0.3) is 5.70 Å². The first-order valence-corrected chi connectivity index (χ1v) is 7.37. The zero-order chi connectivity index (χ0) is 13.5. The smallest absolute Gasteiger partial charge is 0.0341 e. The second kappa shape index (κ2) is 4.68. The average Bonchev–Trinajstić information content (AvgIpc) is 3.00. The van der Waals surface area contributed by atoms with Crippen LogP contribution in [0, 0.1) is 5.41 Å². The van der Waals surface area contributed by atoms with Crippen LogP contribution in [0.4, 0.5) is 0 Å². The van der Waals surface area contributed by atoms with Crippen molar-refractivity contribution >= 4 is 5.70 Å². The molecule has 0 radical (unpaired) electrons. The van der Waals surface area contributed by atoms with Gasteiger partial charge in [0.25, 0.3) is 0 Å². The summed E-state index contributed by atoms with van der Waals surface area (Å²) in [6, 6.07) is 6.70. The molecular formula is C17H24N2. The number of rotatable bonds is 3. The molecule has 1 atom stereocenters. The van der Waals surface area contributed by atoms with Crippen LogP contribution in [-0.2, 0) is 12.8 Å². The number of nitrogens with zero attached hydrogens (tertiary/aromatic N) is 1. The highest BCUT2D eigenvalue weighted by molar-refractivity contribution is 5.67. The molecule has 0 amide bonds. The van der Waals surface area contributed by atoms with E-state index in [1.165, 1.54) is 44.5 Å². The number of hydrogen-bond donors (Lipinski definition) is 1. The Kier molecular flexibility index (Phi) is 3.14. The Morgan fingerprint density at radius 1 is 1.42 bits per heavy atom. The van der Waals surface area contributed by atoms with E-state index in [1.807, 2.05) is 7.05 Å². The highest BCUT2D eigenvalue weighted by atomic mass is 15.1. The van der Waals surface area contributed by atoms with Crippen LogP contribution < -0.4 is 5.32 Å². The monoisotopic (exact) mass is 256 g/mol. The highest BCUT2D eigenvalue weighted by Crippen LogP contribution is 2.45. The lowest BCUT2D eigenvalue weighted by molar-refractivity contribution is 0.274. The van der Waals surface area contributed by atoms with Crippen molar-refractivity contribution in [2.75, 3.05) is 26.7 Å². The zero-order valence-corrected chi connectivity index (χ0v) is 12.1. The zero-order valence-electron chi connectivity index (χ0n) is 12.1. The summed E-state index contributed by atoms with van der Waals surface area (Å²) in [5.41, 5.74) is 5.97. The second-order valence-electron chi connectivity index (χ2n) is 6.14. The minimum absolute atomic E-state index is 0.502. The fourth-order valence-corrected chi connectivity index (χ4v) is 3.85. The van der Waals surface area contributed by atoms with Crippen molar-refractivity contribution in [3.63, 3.8) is 0 Å². The van der Waals surface area contributed by atoms with E-state index in [4.69, 9.17) is 0 Å². The molecule has 1 aromatic carbocycles. The molecule has 3 rings (SSSR count). The van der Waals surface area contributed by atoms with Crippen LogP contribution in [0.2, 0.25) is 0 Å². The van der Waals surface area contributed by atoms with Crippen molar-refractivity contribution in [2.24, 2.45) is 5.41 Å². The maximum absolute atomic E-state index is 4.15. The fraction of sp³-hybridized carbons (Fsp3) is 0.529. The molecule has 2 aliphatic rings. The van der Waals surface area contributed by atoms with Gasteiger partial charge in [0.2, 0.25) is 0 Å². The van der Waals surface area contributed by atoms with Crippen LogP contribution in [0.15, 0.2) is 24.8 Å². The Bertz CT molecular complexity index is 506. The largest absolute Gasteiger partial charge is 0.388 e. The molecule has 1 heterocycles. The Morgan fingerprint density at radius 2 is 2.26 bits per heavy atom. The van der Waals surface area contributed by atoms with E-state index in [-0.39, 0.29) is 0 Å². The standard InChI is InChI=1S/C17H24N2/c1-4-19-9-8-17(12-19)10-14-6-5-7-15(13(2)18-3)16(14)11-17/h5-7,18H,2,4,8-12H2,1,3H3. The average molecular weight is 256 g/mol. The predicted octanol–water partition coefficient (Wildman–Crippen LogP) is 2.69. The van der Waals surface area contributed by atoms with E-state index in [0.717, 1.165) is 5.70 Å². The van der Waals surface area contributed by atoms with Gasteiger partial charge in [0, 0.05) is 24.9 Å². The van der Waals surface area contributed by atoms with Crippen molar-refractivity contribution < 1.29 is 0 Å². The lowest BCUT2D eigenvalue weighted by atomic mass is 9.84. The van der Waals surface area contributed by atoms with Crippen molar-refractivity contribution in [1.82, 2.24) is 10.2 Å². The van der Waals surface area contributed by atoms with Gasteiger partial charge in [0.15, 0.2) is 0 Å². The van der Waals surface area contributed by atoms with Crippen LogP contribution >= 0.6 is 0 Å². The summed E-state index contributed by atoms with van der Waals surface area (Å²) in [5.74, 6) is 0. The van der Waals surface area contributed by atoms with Crippen molar-refractivity contribution in [1.29, 1.82) is 0 Å². The van der Waals surface area contributed by atoms with Crippen LogP contribution in [0.1, 0.15) is 30.0 Å². The Balaban J connectivity index is 1.90. The van der Waals surface area contributed by atoms with Crippen molar-refractivity contribution in [3.05, 3.63) is 41.5 Å². The molecule has 102 valence electrons. The van der Waals surface area contributed by atoms with E-state index in [1.54, 1.807) is 11.1 Å². The van der Waals surface area contributed by atoms with Crippen LogP contribution in [0.3, 0.4) is 0 Å². The van der Waals surface area contributed by atoms with E-state index in [2.05, 4.69) is 41.9 Å². The van der Waals surface area contributed by atoms with E-state index in [9.17, 15) is 0 Å². The Morgan fingerprint density at radius 3 is 2.95 bits per heavy atom. The SMILES string of the molecule is C=C(NC)c1cccc2c1CC1(CCN(CC)C1)C2. The number of hydrogen-bond acceptors (Lipinski definition) is 2. The van der Waals surface area contributed by atoms with Crippen molar-refractivity contribution in [3.8, 4) is 0 Å². The van der Waals surface area contributed by atoms with Gasteiger partial charge in [0.1, 0.15) is 0 Å². The summed E-state index contributed by atoms with van der Waals surface area (Å²) in [5, 5.41) is 3.21. The summed E-state index contributed by atoms with van der Waals surface area (Å²) < 4.78 is 0. The molecule has 19 heavy (non-hydrogen) atoms. The third kappa shape index (κ3) is 2.08. The first-order chi connectivity index (χ1) is 9.17. The molecule has 1 N–H and O–H groups in total. The summed E-state index contributed by atoms with van der Waals surface area (Å²) in [6.45, 7) is 10.1. The number of likely N-dealkylation sites (tertiary alicyclic amines) is 1. The second-order valence-corrected chi connectivity index (χ2v) is 6.14. The Labute approximate surface area is 116 Å². The van der Waals surface area contributed by atoms with E-state index < -0.39 is 0 Å². The fourth-order valence-electron chi connectivity index (χ4n) is 3.85. The van der Waals surface area contributed by atoms with Gasteiger partial charge in [-0.15, -0.1) is 0 Å². The first-order valence-electron chi connectivity index (χ1n) is 7.37. The molecule has 1 saturated heterocycles. The lowest BCUT2D eigenvalue weighted by Crippen LogP contribution is -2.27. The number of fused-ring (bicyclic) bond motifs is 1. The molecule has 2 heteroatoms. The van der Waals surface area contributed by atoms with Gasteiger partial charge in [0.05, 0.1) is 0 Å². The topological polar surface area (TPSA) is 15.3 Å².